The molecule has 17 heteroatoms. The highest BCUT2D eigenvalue weighted by Gasteiger charge is 2.36. The maximum atomic E-state index is 13.5. The van der Waals surface area contributed by atoms with Crippen LogP contribution in [0.5, 0.6) is 5.75 Å². The SMILES string of the molecule is Cc1sc2c(c1C)C(c1ccc(Cl)cc1)=N[C@@H](CC(=O)Nc1ccc(OCCOCCOCCOCCNc3cccc4c3CN([C@H]3CCC(=O)NC3)C4=O)cc1)c1nnc(C)n1-2. The molecule has 3 aliphatic heterocycles. The van der Waals surface area contributed by atoms with Crippen LogP contribution in [0.15, 0.2) is 71.7 Å². The summed E-state index contributed by atoms with van der Waals surface area (Å²) in [5.41, 5.74) is 7.12. The zero-order valence-corrected chi connectivity index (χ0v) is 37.2. The van der Waals surface area contributed by atoms with Gasteiger partial charge >= 0.3 is 0 Å². The van der Waals surface area contributed by atoms with E-state index in [1.54, 1.807) is 23.5 Å². The van der Waals surface area contributed by atoms with E-state index in [2.05, 4.69) is 40.0 Å². The number of aliphatic imine (C=N–C) groups is 1. The molecule has 0 radical (unpaired) electrons. The van der Waals surface area contributed by atoms with E-state index in [1.165, 1.54) is 4.88 Å². The number of aromatic nitrogens is 3. The van der Waals surface area contributed by atoms with Gasteiger partial charge < -0.3 is 39.8 Å². The maximum Gasteiger partial charge on any atom is 0.254 e. The van der Waals surface area contributed by atoms with E-state index < -0.39 is 6.04 Å². The number of ether oxygens (including phenoxy) is 4. The molecule has 2 atom stereocenters. The number of piperidine rings is 1. The van der Waals surface area contributed by atoms with Gasteiger partial charge in [0.25, 0.3) is 5.91 Å². The Morgan fingerprint density at radius 1 is 0.905 bits per heavy atom. The van der Waals surface area contributed by atoms with Crippen LogP contribution in [-0.4, -0.2) is 108 Å². The van der Waals surface area contributed by atoms with E-state index in [0.717, 1.165) is 44.5 Å². The van der Waals surface area contributed by atoms with Crippen LogP contribution in [0, 0.1) is 20.8 Å². The van der Waals surface area contributed by atoms with Crippen LogP contribution in [0.1, 0.15) is 74.4 Å². The molecule has 3 amide bonds. The van der Waals surface area contributed by atoms with Crippen molar-refractivity contribution in [2.45, 2.75) is 58.7 Å². The lowest BCUT2D eigenvalue weighted by Gasteiger charge is -2.31. The molecule has 63 heavy (non-hydrogen) atoms. The van der Waals surface area contributed by atoms with Crippen molar-refractivity contribution in [3.05, 3.63) is 116 Å². The first-order valence-corrected chi connectivity index (χ1v) is 22.4. The van der Waals surface area contributed by atoms with Crippen LogP contribution in [0.25, 0.3) is 5.00 Å². The van der Waals surface area contributed by atoms with Gasteiger partial charge in [-0.25, -0.2) is 0 Å². The van der Waals surface area contributed by atoms with Gasteiger partial charge in [-0.3, -0.25) is 23.9 Å². The fraction of sp³-hybridized carbons (Fsp3) is 0.391. The normalized spacial score (nSPS) is 16.8. The molecule has 15 nitrogen and oxygen atoms in total. The molecule has 1 saturated heterocycles. The van der Waals surface area contributed by atoms with E-state index in [9.17, 15) is 14.4 Å². The first kappa shape index (κ1) is 44.0. The van der Waals surface area contributed by atoms with Crippen molar-refractivity contribution in [2.24, 2.45) is 4.99 Å². The summed E-state index contributed by atoms with van der Waals surface area (Å²) in [5, 5.41) is 19.8. The molecule has 5 heterocycles. The number of hydrogen-bond acceptors (Lipinski definition) is 12. The van der Waals surface area contributed by atoms with Crippen LogP contribution in [0.3, 0.4) is 0 Å². The lowest BCUT2D eigenvalue weighted by Crippen LogP contribution is -2.48. The predicted octanol–water partition coefficient (Wildman–Crippen LogP) is 6.60. The van der Waals surface area contributed by atoms with Gasteiger partial charge in [0.1, 0.15) is 29.2 Å². The zero-order chi connectivity index (χ0) is 43.9. The summed E-state index contributed by atoms with van der Waals surface area (Å²) in [6.07, 6.45) is 1.20. The van der Waals surface area contributed by atoms with Gasteiger partial charge in [0.15, 0.2) is 5.82 Å². The second-order valence-electron chi connectivity index (χ2n) is 15.6. The van der Waals surface area contributed by atoms with Gasteiger partial charge in [0, 0.05) is 69.6 Å². The molecule has 3 N–H and O–H groups in total. The molecule has 0 aliphatic carbocycles. The highest BCUT2D eigenvalue weighted by Crippen LogP contribution is 2.40. The summed E-state index contributed by atoms with van der Waals surface area (Å²) < 4.78 is 24.9. The fourth-order valence-electron chi connectivity index (χ4n) is 7.97. The first-order chi connectivity index (χ1) is 30.6. The van der Waals surface area contributed by atoms with Crippen LogP contribution in [0.2, 0.25) is 5.02 Å². The quantitative estimate of drug-likeness (QED) is 0.0768. The number of hydrogen-bond donors (Lipinski definition) is 3. The molecule has 0 unspecified atom stereocenters. The minimum atomic E-state index is -0.573. The second kappa shape index (κ2) is 20.2. The van der Waals surface area contributed by atoms with Crippen molar-refractivity contribution in [1.29, 1.82) is 0 Å². The molecule has 3 aromatic carbocycles. The Morgan fingerprint density at radius 2 is 1.63 bits per heavy atom. The molecule has 8 rings (SSSR count). The Hall–Kier alpha value is -5.65. The zero-order valence-electron chi connectivity index (χ0n) is 35.6. The topological polar surface area (TPSA) is 171 Å². The second-order valence-corrected chi connectivity index (χ2v) is 17.2. The third-order valence-corrected chi connectivity index (χ3v) is 12.8. The number of nitrogens with one attached hydrogen (secondary N) is 3. The minimum absolute atomic E-state index is 0.0173. The molecular weight excluding hydrogens is 844 g/mol. The lowest BCUT2D eigenvalue weighted by molar-refractivity contribution is -0.123. The Morgan fingerprint density at radius 3 is 2.37 bits per heavy atom. The fourth-order valence-corrected chi connectivity index (χ4v) is 9.31. The van der Waals surface area contributed by atoms with Gasteiger partial charge in [-0.05, 0) is 81.3 Å². The Balaban J connectivity index is 0.712. The Labute approximate surface area is 375 Å². The Bertz CT molecular complexity index is 2460. The number of carbonyl (C=O) groups excluding carboxylic acids is 3. The maximum absolute atomic E-state index is 13.5. The summed E-state index contributed by atoms with van der Waals surface area (Å²) in [7, 11) is 0. The van der Waals surface area contributed by atoms with Crippen molar-refractivity contribution >= 4 is 57.7 Å². The molecule has 0 saturated carbocycles. The largest absolute Gasteiger partial charge is 0.491 e. The highest BCUT2D eigenvalue weighted by atomic mass is 35.5. The number of carbonyl (C=O) groups is 3. The van der Waals surface area contributed by atoms with Crippen molar-refractivity contribution in [3.63, 3.8) is 0 Å². The van der Waals surface area contributed by atoms with Crippen molar-refractivity contribution in [2.75, 3.05) is 70.0 Å². The third kappa shape index (κ3) is 10.3. The number of halogens is 1. The number of amides is 3. The third-order valence-electron chi connectivity index (χ3n) is 11.4. The van der Waals surface area contributed by atoms with E-state index >= 15 is 0 Å². The van der Waals surface area contributed by atoms with Crippen molar-refractivity contribution in [3.8, 4) is 10.8 Å². The summed E-state index contributed by atoms with van der Waals surface area (Å²) in [6.45, 7) is 10.7. The summed E-state index contributed by atoms with van der Waals surface area (Å²) in [6, 6.07) is 20.0. The van der Waals surface area contributed by atoms with E-state index in [-0.39, 0.29) is 30.2 Å². The molecular formula is C46H51ClN8O7S. The number of fused-ring (bicyclic) bond motifs is 4. The van der Waals surface area contributed by atoms with Crippen molar-refractivity contribution < 1.29 is 33.3 Å². The van der Waals surface area contributed by atoms with Gasteiger partial charge in [0.2, 0.25) is 11.8 Å². The van der Waals surface area contributed by atoms with E-state index in [1.807, 2.05) is 71.0 Å². The van der Waals surface area contributed by atoms with Gasteiger partial charge in [0.05, 0.1) is 57.8 Å². The summed E-state index contributed by atoms with van der Waals surface area (Å²) in [4.78, 5) is 46.4. The molecule has 2 aromatic heterocycles. The molecule has 5 aromatic rings. The number of benzene rings is 3. The van der Waals surface area contributed by atoms with E-state index in [0.29, 0.717) is 107 Å². The molecule has 0 bridgehead atoms. The van der Waals surface area contributed by atoms with Crippen molar-refractivity contribution in [1.82, 2.24) is 25.0 Å². The van der Waals surface area contributed by atoms with Crippen LogP contribution < -0.4 is 20.7 Å². The van der Waals surface area contributed by atoms with Crippen LogP contribution in [-0.2, 0) is 30.3 Å². The average molecular weight is 895 g/mol. The number of aryl methyl sites for hydroxylation is 2. The summed E-state index contributed by atoms with van der Waals surface area (Å²) >= 11 is 7.91. The van der Waals surface area contributed by atoms with Gasteiger partial charge in [-0.1, -0.05) is 29.8 Å². The molecule has 0 spiro atoms. The average Bonchev–Trinajstić information content (AvgIpc) is 3.90. The number of rotatable bonds is 19. The minimum Gasteiger partial charge on any atom is -0.491 e. The lowest BCUT2D eigenvalue weighted by atomic mass is 9.99. The van der Waals surface area contributed by atoms with Crippen LogP contribution in [0.4, 0.5) is 11.4 Å². The van der Waals surface area contributed by atoms with Gasteiger partial charge in [-0.15, -0.1) is 21.5 Å². The number of anilines is 2. The molecule has 1 fully saturated rings. The van der Waals surface area contributed by atoms with Crippen LogP contribution >= 0.6 is 22.9 Å². The van der Waals surface area contributed by atoms with E-state index in [4.69, 9.17) is 35.5 Å². The number of thiophene rings is 1. The predicted molar refractivity (Wildman–Crippen MR) is 242 cm³/mol. The summed E-state index contributed by atoms with van der Waals surface area (Å²) in [5.74, 6) is 1.87. The first-order valence-electron chi connectivity index (χ1n) is 21.2. The standard InChI is InChI=1S/C46H51ClN8O7S/c1-28-29(2)63-46-42(28)43(31-7-9-32(47)10-8-31)51-39(44-53-52-30(3)55(44)46)25-41(57)50-33-11-14-35(15-12-33)62-24-23-61-22-21-60-20-19-59-18-17-48-38-6-4-5-36-37(38)27-54(45(36)58)34-13-16-40(56)49-26-34/h4-12,14-15,34,39,48H,13,16-27H2,1-3H3,(H,49,56)(H,50,57)/t34-,39-/m0/s1. The highest BCUT2D eigenvalue weighted by molar-refractivity contribution is 7.15. The molecule has 330 valence electrons. The molecule has 3 aliphatic rings. The van der Waals surface area contributed by atoms with Gasteiger partial charge in [-0.2, -0.15) is 0 Å². The Kier molecular flexibility index (Phi) is 14.1. The monoisotopic (exact) mass is 894 g/mol. The smallest absolute Gasteiger partial charge is 0.254 e. The number of nitrogens with zero attached hydrogens (tertiary/aromatic N) is 5.